The molecule has 3 N–H and O–H groups in total. The molecule has 0 atom stereocenters. The summed E-state index contributed by atoms with van der Waals surface area (Å²) in [6, 6.07) is 14.5. The summed E-state index contributed by atoms with van der Waals surface area (Å²) in [5.74, 6) is 0.182. The number of nitrogens with one attached hydrogen (secondary N) is 3. The molecule has 2 heterocycles. The molecule has 1 amide bonds. The first-order valence-electron chi connectivity index (χ1n) is 9.41. The van der Waals surface area contributed by atoms with Crippen LogP contribution in [-0.2, 0) is 17.8 Å². The highest BCUT2D eigenvalue weighted by Gasteiger charge is 2.25. The molecule has 3 rings (SSSR count). The summed E-state index contributed by atoms with van der Waals surface area (Å²) in [5.41, 5.74) is 1.33. The number of carbonyl (C=O) groups excluding carboxylic acids is 1. The summed E-state index contributed by atoms with van der Waals surface area (Å²) >= 11 is 7.68. The predicted octanol–water partition coefficient (Wildman–Crippen LogP) is 0.434. The molecule has 0 aliphatic carbocycles. The van der Waals surface area contributed by atoms with Crippen LogP contribution in [0.3, 0.4) is 0 Å². The standard InChI is InChI=1S/C20H26ClN3OS/c21-19-9-8-18(26-19)15-23-11-13-24(14-12-23)16-20(25)22-10-4-7-17-5-2-1-3-6-17/h1-3,5-6,8-9H,4,7,10-16H2,(H,22,25)/p+2. The van der Waals surface area contributed by atoms with E-state index in [2.05, 4.69) is 35.6 Å². The molecule has 1 aromatic heterocycles. The number of amides is 1. The van der Waals surface area contributed by atoms with Gasteiger partial charge in [-0.2, -0.15) is 0 Å². The van der Waals surface area contributed by atoms with Gasteiger partial charge in [-0.3, -0.25) is 4.79 Å². The van der Waals surface area contributed by atoms with Crippen LogP contribution in [0.15, 0.2) is 42.5 Å². The fraction of sp³-hybridized carbons (Fsp3) is 0.450. The molecule has 1 aliphatic rings. The molecular formula is C20H28ClN3OS+2. The fourth-order valence-corrected chi connectivity index (χ4v) is 4.62. The number of halogens is 1. The van der Waals surface area contributed by atoms with Crippen LogP contribution < -0.4 is 15.1 Å². The molecule has 1 aromatic carbocycles. The number of aryl methyl sites for hydroxylation is 1. The first kappa shape index (κ1) is 19.4. The molecule has 140 valence electrons. The minimum Gasteiger partial charge on any atom is -0.351 e. The first-order chi connectivity index (χ1) is 12.7. The Morgan fingerprint density at radius 2 is 1.77 bits per heavy atom. The van der Waals surface area contributed by atoms with Crippen LogP contribution in [-0.4, -0.2) is 45.2 Å². The normalized spacial score (nSPS) is 20.0. The number of piperazine rings is 1. The van der Waals surface area contributed by atoms with Gasteiger partial charge in [-0.25, -0.2) is 0 Å². The molecule has 26 heavy (non-hydrogen) atoms. The van der Waals surface area contributed by atoms with Gasteiger partial charge in [0, 0.05) is 6.54 Å². The van der Waals surface area contributed by atoms with Gasteiger partial charge >= 0.3 is 0 Å². The number of hydrogen-bond acceptors (Lipinski definition) is 2. The van der Waals surface area contributed by atoms with Gasteiger partial charge < -0.3 is 15.1 Å². The molecule has 4 nitrogen and oxygen atoms in total. The Bertz CT molecular complexity index is 683. The monoisotopic (exact) mass is 393 g/mol. The van der Waals surface area contributed by atoms with E-state index in [0.29, 0.717) is 6.54 Å². The molecule has 0 saturated carbocycles. The van der Waals surface area contributed by atoms with E-state index in [1.54, 1.807) is 16.2 Å². The van der Waals surface area contributed by atoms with Crippen molar-refractivity contribution in [2.45, 2.75) is 19.4 Å². The summed E-state index contributed by atoms with van der Waals surface area (Å²) < 4.78 is 0.868. The van der Waals surface area contributed by atoms with Crippen LogP contribution in [0.25, 0.3) is 0 Å². The average Bonchev–Trinajstić information content (AvgIpc) is 3.06. The Kier molecular flexibility index (Phi) is 7.50. The van der Waals surface area contributed by atoms with Crippen LogP contribution in [0.2, 0.25) is 4.34 Å². The minimum atomic E-state index is 0.182. The molecule has 0 radical (unpaired) electrons. The number of hydrogen-bond donors (Lipinski definition) is 3. The summed E-state index contributed by atoms with van der Waals surface area (Å²) in [6.07, 6.45) is 2.01. The molecule has 1 fully saturated rings. The van der Waals surface area contributed by atoms with Crippen molar-refractivity contribution in [3.8, 4) is 0 Å². The van der Waals surface area contributed by atoms with Gasteiger partial charge in [0.1, 0.15) is 32.7 Å². The first-order valence-corrected chi connectivity index (χ1v) is 10.6. The highest BCUT2D eigenvalue weighted by molar-refractivity contribution is 7.16. The van der Waals surface area contributed by atoms with Crippen molar-refractivity contribution in [2.75, 3.05) is 39.3 Å². The number of thiophene rings is 1. The zero-order valence-electron chi connectivity index (χ0n) is 15.1. The van der Waals surface area contributed by atoms with Gasteiger partial charge in [0.25, 0.3) is 5.91 Å². The molecule has 0 spiro atoms. The lowest BCUT2D eigenvalue weighted by Gasteiger charge is -2.29. The summed E-state index contributed by atoms with van der Waals surface area (Å²) in [6.45, 7) is 6.77. The highest BCUT2D eigenvalue weighted by Crippen LogP contribution is 2.20. The van der Waals surface area contributed by atoms with E-state index in [4.69, 9.17) is 11.6 Å². The van der Waals surface area contributed by atoms with Crippen LogP contribution in [0, 0.1) is 0 Å². The second-order valence-electron chi connectivity index (χ2n) is 7.00. The van der Waals surface area contributed by atoms with Gasteiger partial charge in [0.05, 0.1) is 9.21 Å². The summed E-state index contributed by atoms with van der Waals surface area (Å²) in [7, 11) is 0. The minimum absolute atomic E-state index is 0.182. The maximum Gasteiger partial charge on any atom is 0.275 e. The molecule has 0 bridgehead atoms. The lowest BCUT2D eigenvalue weighted by molar-refractivity contribution is -1.01. The third-order valence-electron chi connectivity index (χ3n) is 4.94. The largest absolute Gasteiger partial charge is 0.351 e. The molecular weight excluding hydrogens is 366 g/mol. The van der Waals surface area contributed by atoms with Crippen molar-refractivity contribution in [1.82, 2.24) is 5.32 Å². The van der Waals surface area contributed by atoms with E-state index in [-0.39, 0.29) is 5.91 Å². The molecule has 1 saturated heterocycles. The SMILES string of the molecule is O=C(C[NH+]1CC[NH+](Cc2ccc(Cl)s2)CC1)NCCCc1ccccc1. The fourth-order valence-electron chi connectivity index (χ4n) is 3.46. The lowest BCUT2D eigenvalue weighted by Crippen LogP contribution is -3.28. The number of benzene rings is 1. The number of rotatable bonds is 8. The van der Waals surface area contributed by atoms with Crippen molar-refractivity contribution in [2.24, 2.45) is 0 Å². The van der Waals surface area contributed by atoms with Crippen molar-refractivity contribution >= 4 is 28.8 Å². The molecule has 2 aromatic rings. The third kappa shape index (κ3) is 6.40. The highest BCUT2D eigenvalue weighted by atomic mass is 35.5. The van der Waals surface area contributed by atoms with Gasteiger partial charge in [-0.1, -0.05) is 41.9 Å². The second kappa shape index (κ2) is 10.1. The van der Waals surface area contributed by atoms with E-state index >= 15 is 0 Å². The van der Waals surface area contributed by atoms with Crippen molar-refractivity contribution < 1.29 is 14.6 Å². The topological polar surface area (TPSA) is 38.0 Å². The number of carbonyl (C=O) groups is 1. The Morgan fingerprint density at radius 1 is 1.04 bits per heavy atom. The van der Waals surface area contributed by atoms with E-state index in [0.717, 1.165) is 56.4 Å². The summed E-state index contributed by atoms with van der Waals surface area (Å²) in [5, 5.41) is 3.07. The zero-order chi connectivity index (χ0) is 18.2. The maximum atomic E-state index is 12.1. The number of quaternary nitrogens is 2. The Hall–Kier alpha value is -1.40. The van der Waals surface area contributed by atoms with Gasteiger partial charge in [0.15, 0.2) is 6.54 Å². The van der Waals surface area contributed by atoms with Crippen LogP contribution >= 0.6 is 22.9 Å². The van der Waals surface area contributed by atoms with E-state index in [1.807, 2.05) is 12.1 Å². The predicted molar refractivity (Wildman–Crippen MR) is 107 cm³/mol. The summed E-state index contributed by atoms with van der Waals surface area (Å²) in [4.78, 5) is 16.5. The molecule has 6 heteroatoms. The van der Waals surface area contributed by atoms with Crippen molar-refractivity contribution in [3.63, 3.8) is 0 Å². The average molecular weight is 394 g/mol. The van der Waals surface area contributed by atoms with Gasteiger partial charge in [0.2, 0.25) is 0 Å². The van der Waals surface area contributed by atoms with Crippen molar-refractivity contribution in [3.05, 3.63) is 57.2 Å². The molecule has 1 aliphatic heterocycles. The van der Waals surface area contributed by atoms with E-state index < -0.39 is 0 Å². The van der Waals surface area contributed by atoms with E-state index in [1.165, 1.54) is 15.3 Å². The smallest absolute Gasteiger partial charge is 0.275 e. The quantitative estimate of drug-likeness (QED) is 0.559. The Balaban J connectivity index is 1.28. The Morgan fingerprint density at radius 3 is 2.46 bits per heavy atom. The van der Waals surface area contributed by atoms with Crippen LogP contribution in [0.4, 0.5) is 0 Å². The van der Waals surface area contributed by atoms with Crippen molar-refractivity contribution in [1.29, 1.82) is 0 Å². The van der Waals surface area contributed by atoms with Crippen LogP contribution in [0.5, 0.6) is 0 Å². The zero-order valence-corrected chi connectivity index (χ0v) is 16.7. The van der Waals surface area contributed by atoms with Gasteiger partial charge in [-0.05, 0) is 30.5 Å². The van der Waals surface area contributed by atoms with Crippen LogP contribution in [0.1, 0.15) is 16.9 Å². The maximum absolute atomic E-state index is 12.1. The second-order valence-corrected chi connectivity index (χ2v) is 8.80. The lowest BCUT2D eigenvalue weighted by atomic mass is 10.1. The van der Waals surface area contributed by atoms with Gasteiger partial charge in [-0.15, -0.1) is 11.3 Å². The third-order valence-corrected chi connectivity index (χ3v) is 6.17. The Labute approximate surface area is 164 Å². The molecule has 0 unspecified atom stereocenters. The van der Waals surface area contributed by atoms with E-state index in [9.17, 15) is 4.79 Å².